The highest BCUT2D eigenvalue weighted by atomic mass is 79.9. The van der Waals surface area contributed by atoms with Gasteiger partial charge in [-0.05, 0) is 33.6 Å². The van der Waals surface area contributed by atoms with Crippen LogP contribution < -0.4 is 0 Å². The molecule has 7 nitrogen and oxygen atoms in total. The Hall–Kier alpha value is -1.61. The minimum Gasteiger partial charge on any atom is -0.256 e. The highest BCUT2D eigenvalue weighted by Gasteiger charge is 2.25. The molecule has 2 rings (SSSR count). The van der Waals surface area contributed by atoms with Crippen LogP contribution in [0.3, 0.4) is 0 Å². The van der Waals surface area contributed by atoms with Gasteiger partial charge in [-0.3, -0.25) is 4.68 Å². The maximum atomic E-state index is 14.1. The average Bonchev–Trinajstić information content (AvgIpc) is 2.67. The maximum Gasteiger partial charge on any atom is 0.193 e. The van der Waals surface area contributed by atoms with E-state index in [0.29, 0.717) is 0 Å². The lowest BCUT2D eigenvalue weighted by molar-refractivity contribution is 0.582. The quantitative estimate of drug-likeness (QED) is 0.436. The van der Waals surface area contributed by atoms with Gasteiger partial charge >= 0.3 is 0 Å². The van der Waals surface area contributed by atoms with Crippen LogP contribution in [0.5, 0.6) is 0 Å². The predicted molar refractivity (Wildman–Crippen MR) is 83.2 cm³/mol. The number of hydrogen-bond acceptors (Lipinski definition) is 4. The van der Waals surface area contributed by atoms with Crippen LogP contribution in [-0.2, 0) is 16.9 Å². The molecule has 1 aromatic heterocycles. The number of aromatic nitrogens is 2. The zero-order valence-corrected chi connectivity index (χ0v) is 14.4. The van der Waals surface area contributed by atoms with Gasteiger partial charge in [0.2, 0.25) is 0 Å². The largest absolute Gasteiger partial charge is 0.256 e. The second-order valence-electron chi connectivity index (χ2n) is 4.34. The minimum absolute atomic E-state index is 0.0130. The van der Waals surface area contributed by atoms with Crippen LogP contribution in [0, 0.1) is 5.82 Å². The van der Waals surface area contributed by atoms with E-state index in [0.717, 1.165) is 17.0 Å². The molecule has 0 amide bonds. The van der Waals surface area contributed by atoms with Crippen molar-refractivity contribution in [3.63, 3.8) is 0 Å². The third kappa shape index (κ3) is 2.95. The van der Waals surface area contributed by atoms with Crippen LogP contribution in [0.2, 0.25) is 5.02 Å². The minimum atomic E-state index is -3.57. The Kier molecular flexibility index (Phi) is 4.48. The monoisotopic (exact) mass is 407 g/mol. The summed E-state index contributed by atoms with van der Waals surface area (Å²) in [5.74, 6) is -0.722. The molecule has 1 aromatic carbocycles. The Bertz CT molecular complexity index is 921. The van der Waals surface area contributed by atoms with Crippen LogP contribution >= 0.6 is 27.5 Å². The van der Waals surface area contributed by atoms with Gasteiger partial charge < -0.3 is 0 Å². The van der Waals surface area contributed by atoms with E-state index >= 15 is 0 Å². The van der Waals surface area contributed by atoms with Crippen LogP contribution in [0.25, 0.3) is 21.7 Å². The van der Waals surface area contributed by atoms with Crippen molar-refractivity contribution in [1.82, 2.24) is 9.78 Å². The van der Waals surface area contributed by atoms with Crippen molar-refractivity contribution in [3.05, 3.63) is 37.9 Å². The first-order chi connectivity index (χ1) is 10.2. The molecule has 0 saturated heterocycles. The molecule has 0 radical (unpaired) electrons. The molecule has 0 aliphatic rings. The molecule has 0 saturated carbocycles. The van der Waals surface area contributed by atoms with Crippen molar-refractivity contribution in [2.45, 2.75) is 5.03 Å². The summed E-state index contributed by atoms with van der Waals surface area (Å²) in [4.78, 5) is 2.60. The summed E-state index contributed by atoms with van der Waals surface area (Å²) in [6.07, 6.45) is 1.02. The van der Waals surface area contributed by atoms with Crippen LogP contribution in [-0.4, -0.2) is 24.5 Å². The highest BCUT2D eigenvalue weighted by Crippen LogP contribution is 2.38. The highest BCUT2D eigenvalue weighted by molar-refractivity contribution is 9.10. The Labute approximate surface area is 138 Å². The topological polar surface area (TPSA) is 101 Å². The molecule has 0 unspecified atom stereocenters. The van der Waals surface area contributed by atoms with Crippen molar-refractivity contribution in [1.29, 1.82) is 0 Å². The number of azide groups is 1. The summed E-state index contributed by atoms with van der Waals surface area (Å²) < 4.78 is 38.9. The molecule has 0 aliphatic heterocycles. The number of rotatable bonds is 3. The smallest absolute Gasteiger partial charge is 0.193 e. The summed E-state index contributed by atoms with van der Waals surface area (Å²) in [7, 11) is -2.15. The number of hydrogen-bond donors (Lipinski definition) is 0. The van der Waals surface area contributed by atoms with E-state index in [9.17, 15) is 12.8 Å². The summed E-state index contributed by atoms with van der Waals surface area (Å²) in [6.45, 7) is 0. The van der Waals surface area contributed by atoms with Crippen molar-refractivity contribution >= 4 is 43.1 Å². The first-order valence-electron chi connectivity index (χ1n) is 5.64. The van der Waals surface area contributed by atoms with Crippen LogP contribution in [0.4, 0.5) is 10.1 Å². The van der Waals surface area contributed by atoms with Crippen molar-refractivity contribution in [2.24, 2.45) is 12.2 Å². The SMILES string of the molecule is Cn1nc(-c2cc(N=[N+]=[N-])c(Cl)cc2F)c(Br)c1S(C)(=O)=O. The van der Waals surface area contributed by atoms with Gasteiger partial charge in [0.1, 0.15) is 11.5 Å². The van der Waals surface area contributed by atoms with E-state index in [-0.39, 0.29) is 31.5 Å². The van der Waals surface area contributed by atoms with Gasteiger partial charge in [0.05, 0.1) is 15.2 Å². The lowest BCUT2D eigenvalue weighted by atomic mass is 10.1. The fraction of sp³-hybridized carbons (Fsp3) is 0.182. The van der Waals surface area contributed by atoms with E-state index in [1.807, 2.05) is 0 Å². The lowest BCUT2D eigenvalue weighted by Crippen LogP contribution is -2.05. The van der Waals surface area contributed by atoms with Crippen LogP contribution in [0.1, 0.15) is 0 Å². The van der Waals surface area contributed by atoms with Gasteiger partial charge in [-0.2, -0.15) is 5.10 Å². The molecule has 0 atom stereocenters. The molecule has 22 heavy (non-hydrogen) atoms. The Morgan fingerprint density at radius 1 is 1.50 bits per heavy atom. The average molecular weight is 409 g/mol. The number of halogens is 3. The third-order valence-corrected chi connectivity index (χ3v) is 5.22. The second kappa shape index (κ2) is 5.88. The first kappa shape index (κ1) is 16.8. The number of sulfone groups is 1. The summed E-state index contributed by atoms with van der Waals surface area (Å²) in [5, 5.41) is 7.21. The lowest BCUT2D eigenvalue weighted by Gasteiger charge is -2.04. The van der Waals surface area contributed by atoms with E-state index < -0.39 is 15.7 Å². The Morgan fingerprint density at radius 2 is 2.14 bits per heavy atom. The summed E-state index contributed by atoms with van der Waals surface area (Å²) in [5.41, 5.74) is 8.52. The zero-order chi connectivity index (χ0) is 16.7. The van der Waals surface area contributed by atoms with Gasteiger partial charge in [0, 0.05) is 23.8 Å². The number of benzene rings is 1. The molecule has 0 N–H and O–H groups in total. The maximum absolute atomic E-state index is 14.1. The first-order valence-corrected chi connectivity index (χ1v) is 8.70. The zero-order valence-electron chi connectivity index (χ0n) is 11.2. The van der Waals surface area contributed by atoms with Crippen LogP contribution in [0.15, 0.2) is 26.7 Å². The van der Waals surface area contributed by atoms with Gasteiger partial charge in [-0.1, -0.05) is 16.7 Å². The molecule has 11 heteroatoms. The fourth-order valence-corrected chi connectivity index (χ4v) is 4.46. The molecule has 0 aliphatic carbocycles. The third-order valence-electron chi connectivity index (χ3n) is 2.73. The van der Waals surface area contributed by atoms with E-state index in [1.165, 1.54) is 13.1 Å². The molecule has 1 heterocycles. The van der Waals surface area contributed by atoms with Crippen molar-refractivity contribution < 1.29 is 12.8 Å². The second-order valence-corrected chi connectivity index (χ2v) is 7.47. The standard InChI is InChI=1S/C11H8BrClFN5O2S/c1-19-11(22(2,20)21)9(12)10(17-19)5-3-8(16-18-15)6(13)4-7(5)14/h3-4H,1-2H3. The molecule has 0 fully saturated rings. The number of nitrogens with zero attached hydrogens (tertiary/aromatic N) is 5. The predicted octanol–water partition coefficient (Wildman–Crippen LogP) is 3.99. The van der Waals surface area contributed by atoms with Gasteiger partial charge in [0.25, 0.3) is 0 Å². The van der Waals surface area contributed by atoms with Gasteiger partial charge in [-0.15, -0.1) is 0 Å². The molecular weight excluding hydrogens is 401 g/mol. The fourth-order valence-electron chi connectivity index (χ4n) is 1.90. The molecule has 0 spiro atoms. The Morgan fingerprint density at radius 3 is 2.64 bits per heavy atom. The Balaban J connectivity index is 2.78. The van der Waals surface area contributed by atoms with Gasteiger partial charge in [-0.25, -0.2) is 12.8 Å². The summed E-state index contributed by atoms with van der Waals surface area (Å²) in [6, 6.07) is 2.18. The van der Waals surface area contributed by atoms with E-state index in [4.69, 9.17) is 17.1 Å². The van der Waals surface area contributed by atoms with E-state index in [2.05, 4.69) is 31.1 Å². The van der Waals surface area contributed by atoms with Crippen molar-refractivity contribution in [3.8, 4) is 11.3 Å². The van der Waals surface area contributed by atoms with Gasteiger partial charge in [0.15, 0.2) is 14.9 Å². The molecule has 2 aromatic rings. The molecular formula is C11H8BrClFN5O2S. The normalized spacial score (nSPS) is 11.3. The molecule has 0 bridgehead atoms. The van der Waals surface area contributed by atoms with Crippen molar-refractivity contribution in [2.75, 3.05) is 6.26 Å². The summed E-state index contributed by atoms with van der Waals surface area (Å²) >= 11 is 8.90. The van der Waals surface area contributed by atoms with E-state index in [1.54, 1.807) is 0 Å². The molecule has 116 valence electrons. The number of aryl methyl sites for hydroxylation is 1.